The zero-order chi connectivity index (χ0) is 14.5. The molecule has 0 atom stereocenters. The SMILES string of the molecule is CC(C)N(CCC#N)c1nc(N)nc(-n2cncn2)n1. The molecule has 0 aliphatic heterocycles. The quantitative estimate of drug-likeness (QED) is 0.817. The molecule has 104 valence electrons. The van der Waals surface area contributed by atoms with Gasteiger partial charge < -0.3 is 10.6 Å². The third-order valence-electron chi connectivity index (χ3n) is 2.60. The predicted octanol–water partition coefficient (Wildman–Crippen LogP) is 0.163. The van der Waals surface area contributed by atoms with Crippen LogP contribution in [0.1, 0.15) is 20.3 Å². The standard InChI is InChI=1S/C11H15N9/c1-8(2)19(5-3-4-12)10-16-9(13)17-11(18-10)20-7-14-6-15-20/h6-8H,3,5H2,1-2H3,(H2,13,16,17,18). The molecule has 0 aromatic carbocycles. The average Bonchev–Trinajstić information content (AvgIpc) is 2.92. The van der Waals surface area contributed by atoms with Crippen molar-refractivity contribution in [3.05, 3.63) is 12.7 Å². The van der Waals surface area contributed by atoms with E-state index in [1.54, 1.807) is 0 Å². The average molecular weight is 273 g/mol. The summed E-state index contributed by atoms with van der Waals surface area (Å²) >= 11 is 0. The van der Waals surface area contributed by atoms with Gasteiger partial charge in [0.2, 0.25) is 11.9 Å². The van der Waals surface area contributed by atoms with Crippen molar-refractivity contribution in [3.8, 4) is 12.0 Å². The maximum absolute atomic E-state index is 8.73. The van der Waals surface area contributed by atoms with Crippen LogP contribution in [0.25, 0.3) is 5.95 Å². The molecule has 2 heterocycles. The van der Waals surface area contributed by atoms with Gasteiger partial charge in [-0.2, -0.15) is 30.0 Å². The van der Waals surface area contributed by atoms with Gasteiger partial charge in [-0.15, -0.1) is 0 Å². The normalized spacial score (nSPS) is 10.5. The molecule has 0 bridgehead atoms. The third kappa shape index (κ3) is 2.97. The number of nitriles is 1. The van der Waals surface area contributed by atoms with Gasteiger partial charge in [0.25, 0.3) is 5.95 Å². The first-order valence-corrected chi connectivity index (χ1v) is 6.12. The molecule has 9 heteroatoms. The molecule has 0 radical (unpaired) electrons. The second-order valence-electron chi connectivity index (χ2n) is 4.33. The number of nitrogen functional groups attached to an aromatic ring is 1. The van der Waals surface area contributed by atoms with E-state index in [0.717, 1.165) is 0 Å². The fraction of sp³-hybridized carbons (Fsp3) is 0.455. The van der Waals surface area contributed by atoms with Crippen molar-refractivity contribution in [2.75, 3.05) is 17.2 Å². The Morgan fingerprint density at radius 2 is 2.20 bits per heavy atom. The number of nitrogens with two attached hydrogens (primary N) is 1. The first kappa shape index (κ1) is 13.7. The van der Waals surface area contributed by atoms with Crippen LogP contribution in [0.3, 0.4) is 0 Å². The van der Waals surface area contributed by atoms with Crippen LogP contribution >= 0.6 is 0 Å². The molecule has 2 rings (SSSR count). The lowest BCUT2D eigenvalue weighted by atomic mass is 10.3. The lowest BCUT2D eigenvalue weighted by Gasteiger charge is -2.25. The van der Waals surface area contributed by atoms with Gasteiger partial charge in [0.05, 0.1) is 12.5 Å². The van der Waals surface area contributed by atoms with E-state index in [9.17, 15) is 0 Å². The summed E-state index contributed by atoms with van der Waals surface area (Å²) in [5.41, 5.74) is 5.72. The Morgan fingerprint density at radius 3 is 2.80 bits per heavy atom. The highest BCUT2D eigenvalue weighted by atomic mass is 15.4. The fourth-order valence-electron chi connectivity index (χ4n) is 1.67. The highest BCUT2D eigenvalue weighted by Gasteiger charge is 2.16. The molecule has 0 saturated heterocycles. The molecule has 0 amide bonds. The Morgan fingerprint density at radius 1 is 1.40 bits per heavy atom. The number of hydrogen-bond donors (Lipinski definition) is 1. The lowest BCUT2D eigenvalue weighted by Crippen LogP contribution is -2.33. The number of hydrogen-bond acceptors (Lipinski definition) is 8. The predicted molar refractivity (Wildman–Crippen MR) is 71.9 cm³/mol. The van der Waals surface area contributed by atoms with Crippen LogP contribution < -0.4 is 10.6 Å². The van der Waals surface area contributed by atoms with E-state index in [0.29, 0.717) is 24.9 Å². The van der Waals surface area contributed by atoms with Gasteiger partial charge in [0.1, 0.15) is 12.7 Å². The minimum Gasteiger partial charge on any atom is -0.368 e. The van der Waals surface area contributed by atoms with Crippen LogP contribution in [0.2, 0.25) is 0 Å². The maximum Gasteiger partial charge on any atom is 0.258 e. The molecule has 2 N–H and O–H groups in total. The van der Waals surface area contributed by atoms with Crippen molar-refractivity contribution < 1.29 is 0 Å². The monoisotopic (exact) mass is 273 g/mol. The molecule has 0 fully saturated rings. The summed E-state index contributed by atoms with van der Waals surface area (Å²) in [6.07, 6.45) is 3.24. The van der Waals surface area contributed by atoms with Crippen LogP contribution in [0, 0.1) is 11.3 Å². The van der Waals surface area contributed by atoms with E-state index in [1.807, 2.05) is 18.7 Å². The van der Waals surface area contributed by atoms with E-state index in [4.69, 9.17) is 11.0 Å². The van der Waals surface area contributed by atoms with Gasteiger partial charge in [0, 0.05) is 12.6 Å². The Balaban J connectivity index is 2.37. The topological polar surface area (TPSA) is 122 Å². The highest BCUT2D eigenvalue weighted by Crippen LogP contribution is 2.14. The van der Waals surface area contributed by atoms with E-state index in [2.05, 4.69) is 31.1 Å². The zero-order valence-electron chi connectivity index (χ0n) is 11.3. The summed E-state index contributed by atoms with van der Waals surface area (Å²) < 4.78 is 1.41. The van der Waals surface area contributed by atoms with E-state index in [-0.39, 0.29) is 12.0 Å². The van der Waals surface area contributed by atoms with E-state index >= 15 is 0 Å². The van der Waals surface area contributed by atoms with Crippen molar-refractivity contribution in [1.29, 1.82) is 5.26 Å². The Labute approximate surface area is 116 Å². The first-order chi connectivity index (χ1) is 9.61. The van der Waals surface area contributed by atoms with Crippen molar-refractivity contribution in [1.82, 2.24) is 29.7 Å². The summed E-state index contributed by atoms with van der Waals surface area (Å²) in [5, 5.41) is 12.7. The largest absolute Gasteiger partial charge is 0.368 e. The van der Waals surface area contributed by atoms with Gasteiger partial charge in [-0.3, -0.25) is 0 Å². The number of anilines is 2. The fourth-order valence-corrected chi connectivity index (χ4v) is 1.67. The summed E-state index contributed by atoms with van der Waals surface area (Å²) in [4.78, 5) is 18.2. The van der Waals surface area contributed by atoms with Crippen LogP contribution in [0.15, 0.2) is 12.7 Å². The molecule has 0 unspecified atom stereocenters. The maximum atomic E-state index is 8.73. The van der Waals surface area contributed by atoms with Crippen molar-refractivity contribution in [3.63, 3.8) is 0 Å². The first-order valence-electron chi connectivity index (χ1n) is 6.12. The number of nitrogens with zero attached hydrogens (tertiary/aromatic N) is 8. The lowest BCUT2D eigenvalue weighted by molar-refractivity contribution is 0.658. The van der Waals surface area contributed by atoms with Crippen LogP contribution in [0.5, 0.6) is 0 Å². The number of aromatic nitrogens is 6. The highest BCUT2D eigenvalue weighted by molar-refractivity contribution is 5.38. The second-order valence-corrected chi connectivity index (χ2v) is 4.33. The summed E-state index contributed by atoms with van der Waals surface area (Å²) in [6.45, 7) is 4.51. The molecule has 0 aliphatic carbocycles. The van der Waals surface area contributed by atoms with Gasteiger partial charge in [-0.25, -0.2) is 4.98 Å². The van der Waals surface area contributed by atoms with Gasteiger partial charge >= 0.3 is 0 Å². The van der Waals surface area contributed by atoms with Crippen molar-refractivity contribution in [2.45, 2.75) is 26.3 Å². The zero-order valence-corrected chi connectivity index (χ0v) is 11.3. The second kappa shape index (κ2) is 5.92. The number of rotatable bonds is 5. The van der Waals surface area contributed by atoms with Crippen LogP contribution in [0.4, 0.5) is 11.9 Å². The smallest absolute Gasteiger partial charge is 0.258 e. The molecular weight excluding hydrogens is 258 g/mol. The van der Waals surface area contributed by atoms with E-state index in [1.165, 1.54) is 17.3 Å². The summed E-state index contributed by atoms with van der Waals surface area (Å²) in [7, 11) is 0. The molecule has 2 aromatic heterocycles. The minimum atomic E-state index is 0.100. The third-order valence-corrected chi connectivity index (χ3v) is 2.60. The Hall–Kier alpha value is -2.76. The van der Waals surface area contributed by atoms with Gasteiger partial charge in [-0.1, -0.05) is 0 Å². The van der Waals surface area contributed by atoms with Gasteiger partial charge in [0.15, 0.2) is 0 Å². The molecular formula is C11H15N9. The summed E-state index contributed by atoms with van der Waals surface area (Å²) in [6, 6.07) is 2.24. The minimum absolute atomic E-state index is 0.100. The molecule has 20 heavy (non-hydrogen) atoms. The summed E-state index contributed by atoms with van der Waals surface area (Å²) in [5.74, 6) is 0.823. The molecule has 2 aromatic rings. The molecule has 0 spiro atoms. The van der Waals surface area contributed by atoms with Crippen LogP contribution in [-0.4, -0.2) is 42.3 Å². The molecule has 9 nitrogen and oxygen atoms in total. The van der Waals surface area contributed by atoms with Crippen molar-refractivity contribution >= 4 is 11.9 Å². The molecule has 0 aliphatic rings. The van der Waals surface area contributed by atoms with Crippen molar-refractivity contribution in [2.24, 2.45) is 0 Å². The molecule has 0 saturated carbocycles. The van der Waals surface area contributed by atoms with Gasteiger partial charge in [-0.05, 0) is 13.8 Å². The van der Waals surface area contributed by atoms with Crippen LogP contribution in [-0.2, 0) is 0 Å². The Kier molecular flexibility index (Phi) is 4.05. The van der Waals surface area contributed by atoms with E-state index < -0.39 is 0 Å². The Bertz CT molecular complexity index is 599.